The van der Waals surface area contributed by atoms with Gasteiger partial charge in [0.15, 0.2) is 5.60 Å². The highest BCUT2D eigenvalue weighted by molar-refractivity contribution is 5.88. The average Bonchev–Trinajstić information content (AvgIpc) is 3.00. The second-order valence-electron chi connectivity index (χ2n) is 5.64. The first-order valence-corrected chi connectivity index (χ1v) is 6.75. The predicted octanol–water partition coefficient (Wildman–Crippen LogP) is 0.834. The van der Waals surface area contributed by atoms with Crippen molar-refractivity contribution in [3.63, 3.8) is 0 Å². The first kappa shape index (κ1) is 12.0. The van der Waals surface area contributed by atoms with Crippen LogP contribution in [-0.4, -0.2) is 35.0 Å². The third-order valence-electron chi connectivity index (χ3n) is 4.81. The normalized spacial score (nSPS) is 47.4. The van der Waals surface area contributed by atoms with Gasteiger partial charge >= 0.3 is 11.9 Å². The Morgan fingerprint density at radius 1 is 1.50 bits per heavy atom. The van der Waals surface area contributed by atoms with Crippen molar-refractivity contribution in [3.05, 3.63) is 24.0 Å². The Hall–Kier alpha value is -1.82. The molecule has 0 radical (unpaired) electrons. The third-order valence-corrected chi connectivity index (χ3v) is 4.81. The van der Waals surface area contributed by atoms with Crippen molar-refractivity contribution >= 4 is 11.9 Å². The van der Waals surface area contributed by atoms with Gasteiger partial charge in [-0.05, 0) is 12.5 Å². The molecule has 2 saturated heterocycles. The number of ether oxygens (including phenoxy) is 3. The molecule has 0 aromatic heterocycles. The summed E-state index contributed by atoms with van der Waals surface area (Å²) < 4.78 is 16.9. The number of carbonyl (C=O) groups excluding carboxylic acids is 1. The van der Waals surface area contributed by atoms with E-state index in [1.54, 1.807) is 12.2 Å². The standard InChI is InChI=1S/C14H14O6/c1-2-6-10-14(20-12(6)17)4-3-7-8(11(15)16)5-18-13(19-10)9(7)14/h3-7,9-10,13H,2H2,1H3,(H,15,16)/t6-,7+,9+,10+,13+,14-/m0/s1. The fourth-order valence-electron chi connectivity index (χ4n) is 3.92. The lowest BCUT2D eigenvalue weighted by Crippen LogP contribution is -2.43. The Kier molecular flexibility index (Phi) is 2.17. The minimum absolute atomic E-state index is 0.180. The molecule has 0 saturated carbocycles. The zero-order chi connectivity index (χ0) is 14.1. The molecule has 6 nitrogen and oxygen atoms in total. The van der Waals surface area contributed by atoms with Crippen LogP contribution in [0.2, 0.25) is 0 Å². The van der Waals surface area contributed by atoms with Crippen molar-refractivity contribution < 1.29 is 28.9 Å². The van der Waals surface area contributed by atoms with E-state index in [2.05, 4.69) is 0 Å². The zero-order valence-electron chi connectivity index (χ0n) is 10.8. The van der Waals surface area contributed by atoms with Crippen molar-refractivity contribution in [1.82, 2.24) is 0 Å². The molecule has 4 rings (SSSR count). The maximum Gasteiger partial charge on any atom is 0.335 e. The van der Waals surface area contributed by atoms with Crippen molar-refractivity contribution in [2.45, 2.75) is 31.3 Å². The number of esters is 1. The van der Waals surface area contributed by atoms with Crippen molar-refractivity contribution in [2.75, 3.05) is 0 Å². The van der Waals surface area contributed by atoms with E-state index in [9.17, 15) is 14.7 Å². The average molecular weight is 278 g/mol. The highest BCUT2D eigenvalue weighted by Crippen LogP contribution is 2.58. The second kappa shape index (κ2) is 3.63. The smallest absolute Gasteiger partial charge is 0.335 e. The molecule has 1 N–H and O–H groups in total. The Morgan fingerprint density at radius 3 is 3.00 bits per heavy atom. The number of aliphatic carboxylic acids is 1. The molecule has 0 unspecified atom stereocenters. The maximum absolute atomic E-state index is 12.0. The van der Waals surface area contributed by atoms with Crippen molar-refractivity contribution in [2.24, 2.45) is 17.8 Å². The van der Waals surface area contributed by atoms with E-state index < -0.39 is 24.0 Å². The molecule has 3 heterocycles. The van der Waals surface area contributed by atoms with Gasteiger partial charge in [-0.2, -0.15) is 0 Å². The Morgan fingerprint density at radius 2 is 2.30 bits per heavy atom. The van der Waals surface area contributed by atoms with E-state index in [-0.39, 0.29) is 29.3 Å². The number of hydrogen-bond acceptors (Lipinski definition) is 5. The molecule has 0 aromatic rings. The highest BCUT2D eigenvalue weighted by atomic mass is 16.7. The number of rotatable bonds is 2. The van der Waals surface area contributed by atoms with Gasteiger partial charge < -0.3 is 19.3 Å². The molecule has 1 aliphatic carbocycles. The molecule has 0 amide bonds. The lowest BCUT2D eigenvalue weighted by Gasteiger charge is -2.32. The summed E-state index contributed by atoms with van der Waals surface area (Å²) in [4.78, 5) is 23.3. The summed E-state index contributed by atoms with van der Waals surface area (Å²) in [5.41, 5.74) is -0.679. The van der Waals surface area contributed by atoms with Gasteiger partial charge in [0.25, 0.3) is 0 Å². The van der Waals surface area contributed by atoms with Gasteiger partial charge in [-0.1, -0.05) is 13.0 Å². The monoisotopic (exact) mass is 278 g/mol. The van der Waals surface area contributed by atoms with Gasteiger partial charge in [0.05, 0.1) is 23.7 Å². The van der Waals surface area contributed by atoms with Gasteiger partial charge in [0.2, 0.25) is 6.29 Å². The summed E-state index contributed by atoms with van der Waals surface area (Å²) in [5, 5.41) is 9.24. The summed E-state index contributed by atoms with van der Waals surface area (Å²) in [7, 11) is 0. The van der Waals surface area contributed by atoms with Crippen LogP contribution in [0.1, 0.15) is 13.3 Å². The molecule has 0 bridgehead atoms. The molecule has 106 valence electrons. The van der Waals surface area contributed by atoms with E-state index in [0.29, 0.717) is 6.42 Å². The second-order valence-corrected chi connectivity index (χ2v) is 5.64. The molecule has 0 aromatic carbocycles. The van der Waals surface area contributed by atoms with Crippen molar-refractivity contribution in [1.29, 1.82) is 0 Å². The summed E-state index contributed by atoms with van der Waals surface area (Å²) in [6.45, 7) is 1.91. The van der Waals surface area contributed by atoms with Gasteiger partial charge in [0, 0.05) is 5.92 Å². The SMILES string of the molecule is CC[C@@H]1C(=O)O[C@]23C=C[C@@H]4C(C(=O)O)=CO[C@H](O[C@H]12)[C@@H]43. The van der Waals surface area contributed by atoms with Gasteiger partial charge in [-0.25, -0.2) is 4.79 Å². The number of carboxylic acid groups (broad SMARTS) is 1. The van der Waals surface area contributed by atoms with Gasteiger partial charge in [-0.15, -0.1) is 0 Å². The fraction of sp³-hybridized carbons (Fsp3) is 0.571. The predicted molar refractivity (Wildman–Crippen MR) is 64.2 cm³/mol. The lowest BCUT2D eigenvalue weighted by atomic mass is 9.77. The minimum Gasteiger partial charge on any atom is -0.478 e. The number of hydrogen-bond donors (Lipinski definition) is 1. The summed E-state index contributed by atoms with van der Waals surface area (Å²) in [6, 6.07) is 0. The van der Waals surface area contributed by atoms with Crippen LogP contribution in [0.4, 0.5) is 0 Å². The summed E-state index contributed by atoms with van der Waals surface area (Å²) in [5.74, 6) is -2.24. The number of allylic oxidation sites excluding steroid dienone is 1. The van der Waals surface area contributed by atoms with Crippen LogP contribution in [0.3, 0.4) is 0 Å². The molecule has 6 atom stereocenters. The Balaban J connectivity index is 1.78. The van der Waals surface area contributed by atoms with Crippen LogP contribution in [-0.2, 0) is 23.8 Å². The molecule has 3 aliphatic heterocycles. The Labute approximate surface area is 115 Å². The van der Waals surface area contributed by atoms with Crippen LogP contribution in [0, 0.1) is 17.8 Å². The first-order chi connectivity index (χ1) is 9.58. The zero-order valence-corrected chi connectivity index (χ0v) is 10.8. The van der Waals surface area contributed by atoms with Crippen LogP contribution in [0.25, 0.3) is 0 Å². The van der Waals surface area contributed by atoms with E-state index in [0.717, 1.165) is 0 Å². The molecule has 20 heavy (non-hydrogen) atoms. The largest absolute Gasteiger partial charge is 0.478 e. The fourth-order valence-corrected chi connectivity index (χ4v) is 3.92. The van der Waals surface area contributed by atoms with Crippen LogP contribution in [0.15, 0.2) is 24.0 Å². The molecule has 4 aliphatic rings. The van der Waals surface area contributed by atoms with Crippen LogP contribution < -0.4 is 0 Å². The molecular formula is C14H14O6. The lowest BCUT2D eigenvalue weighted by molar-refractivity contribution is -0.162. The topological polar surface area (TPSA) is 82.1 Å². The molecule has 2 fully saturated rings. The minimum atomic E-state index is -1.02. The third kappa shape index (κ3) is 1.18. The van der Waals surface area contributed by atoms with Crippen molar-refractivity contribution in [3.8, 4) is 0 Å². The van der Waals surface area contributed by atoms with Crippen LogP contribution >= 0.6 is 0 Å². The molecule has 6 heteroatoms. The van der Waals surface area contributed by atoms with Gasteiger partial charge in [-0.3, -0.25) is 4.79 Å². The van der Waals surface area contributed by atoms with E-state index >= 15 is 0 Å². The van der Waals surface area contributed by atoms with Crippen LogP contribution in [0.5, 0.6) is 0 Å². The Bertz CT molecular complexity index is 564. The summed E-state index contributed by atoms with van der Waals surface area (Å²) in [6.07, 6.45) is 4.54. The van der Waals surface area contributed by atoms with Gasteiger partial charge in [0.1, 0.15) is 6.10 Å². The highest BCUT2D eigenvalue weighted by Gasteiger charge is 2.71. The van der Waals surface area contributed by atoms with E-state index in [1.807, 2.05) is 6.92 Å². The molecule has 1 spiro atoms. The summed E-state index contributed by atoms with van der Waals surface area (Å²) >= 11 is 0. The quantitative estimate of drug-likeness (QED) is 0.595. The van der Waals surface area contributed by atoms with E-state index in [4.69, 9.17) is 14.2 Å². The number of carbonyl (C=O) groups is 2. The van der Waals surface area contributed by atoms with E-state index in [1.165, 1.54) is 6.26 Å². The molecular weight excluding hydrogens is 264 g/mol. The first-order valence-electron chi connectivity index (χ1n) is 6.75. The number of carboxylic acids is 1. The maximum atomic E-state index is 12.0.